The van der Waals surface area contributed by atoms with Gasteiger partial charge in [-0.05, 0) is 30.5 Å². The van der Waals surface area contributed by atoms with Crippen molar-refractivity contribution >= 4 is 11.4 Å². The number of anilines is 1. The van der Waals surface area contributed by atoms with Gasteiger partial charge in [-0.25, -0.2) is 4.98 Å². The van der Waals surface area contributed by atoms with E-state index in [1.165, 1.54) is 0 Å². The van der Waals surface area contributed by atoms with Crippen molar-refractivity contribution in [3.05, 3.63) is 30.0 Å². The summed E-state index contributed by atoms with van der Waals surface area (Å²) in [7, 11) is 0. The van der Waals surface area contributed by atoms with Crippen LogP contribution in [-0.2, 0) is 0 Å². The summed E-state index contributed by atoms with van der Waals surface area (Å²) in [6.45, 7) is 0. The Labute approximate surface area is 76.9 Å². The predicted molar refractivity (Wildman–Crippen MR) is 51.9 cm³/mol. The molecule has 1 heterocycles. The smallest absolute Gasteiger partial charge is 0.130 e. The van der Waals surface area contributed by atoms with Crippen LogP contribution >= 0.6 is 0 Å². The second-order valence-corrected chi connectivity index (χ2v) is 3.23. The molecule has 0 radical (unpaired) electrons. The Morgan fingerprint density at radius 1 is 1.54 bits per heavy atom. The fraction of sp³-hybridized carbons (Fsp3) is 0.300. The van der Waals surface area contributed by atoms with Gasteiger partial charge in [0, 0.05) is 11.8 Å². The molecule has 1 aliphatic rings. The largest absolute Gasteiger partial charge is 0.389 e. The molecule has 0 aliphatic heterocycles. The predicted octanol–water partition coefficient (Wildman–Crippen LogP) is 1.20. The number of aliphatic hydroxyl groups is 1. The number of hydrogen-bond acceptors (Lipinski definition) is 3. The van der Waals surface area contributed by atoms with Crippen LogP contribution in [0.5, 0.6) is 0 Å². The number of nitrogen functional groups attached to an aromatic ring is 1. The molecular weight excluding hydrogens is 164 g/mol. The van der Waals surface area contributed by atoms with Crippen molar-refractivity contribution in [1.29, 1.82) is 0 Å². The molecule has 3 N–H and O–H groups in total. The highest BCUT2D eigenvalue weighted by Crippen LogP contribution is 2.29. The lowest BCUT2D eigenvalue weighted by molar-refractivity contribution is 0.223. The number of nitrogens with zero attached hydrogens (tertiary/aromatic N) is 1. The minimum Gasteiger partial charge on any atom is -0.389 e. The van der Waals surface area contributed by atoms with Crippen molar-refractivity contribution in [2.45, 2.75) is 18.9 Å². The molecule has 0 fully saturated rings. The summed E-state index contributed by atoms with van der Waals surface area (Å²) in [4.78, 5) is 4.00. The van der Waals surface area contributed by atoms with E-state index in [2.05, 4.69) is 4.98 Å². The van der Waals surface area contributed by atoms with Crippen LogP contribution in [0.4, 0.5) is 5.82 Å². The molecule has 0 amide bonds. The van der Waals surface area contributed by atoms with Crippen LogP contribution in [0.2, 0.25) is 0 Å². The van der Waals surface area contributed by atoms with Crippen LogP contribution < -0.4 is 5.73 Å². The normalized spacial score (nSPS) is 21.6. The zero-order valence-corrected chi connectivity index (χ0v) is 7.27. The van der Waals surface area contributed by atoms with Crippen LogP contribution in [-0.4, -0.2) is 16.2 Å². The van der Waals surface area contributed by atoms with Gasteiger partial charge in [0.15, 0.2) is 0 Å². The monoisotopic (exact) mass is 176 g/mol. The Kier molecular flexibility index (Phi) is 2.02. The molecule has 13 heavy (non-hydrogen) atoms. The Morgan fingerprint density at radius 2 is 2.38 bits per heavy atom. The average Bonchev–Trinajstić information content (AvgIpc) is 2.53. The first-order chi connectivity index (χ1) is 6.27. The lowest BCUT2D eigenvalue weighted by Gasteiger charge is -2.03. The van der Waals surface area contributed by atoms with Gasteiger partial charge in [-0.3, -0.25) is 0 Å². The van der Waals surface area contributed by atoms with Gasteiger partial charge < -0.3 is 10.8 Å². The van der Waals surface area contributed by atoms with Crippen LogP contribution in [0, 0.1) is 0 Å². The standard InChI is InChI=1S/C10H12N2O/c11-10-9(2-1-5-12-10)7-3-4-8(13)6-7/h1-2,5-6,8,13H,3-4H2,(H2,11,12). The van der Waals surface area contributed by atoms with Gasteiger partial charge in [0.1, 0.15) is 5.82 Å². The lowest BCUT2D eigenvalue weighted by atomic mass is 10.1. The Balaban J connectivity index is 2.36. The number of aromatic nitrogens is 1. The fourth-order valence-electron chi connectivity index (χ4n) is 1.62. The van der Waals surface area contributed by atoms with Gasteiger partial charge in [-0.15, -0.1) is 0 Å². The van der Waals surface area contributed by atoms with E-state index in [0.29, 0.717) is 5.82 Å². The van der Waals surface area contributed by atoms with E-state index in [0.717, 1.165) is 24.0 Å². The maximum absolute atomic E-state index is 9.31. The minimum absolute atomic E-state index is 0.311. The first-order valence-corrected chi connectivity index (χ1v) is 4.37. The third-order valence-corrected chi connectivity index (χ3v) is 2.29. The summed E-state index contributed by atoms with van der Waals surface area (Å²) < 4.78 is 0. The van der Waals surface area contributed by atoms with E-state index < -0.39 is 0 Å². The minimum atomic E-state index is -0.311. The zero-order chi connectivity index (χ0) is 9.26. The summed E-state index contributed by atoms with van der Waals surface area (Å²) in [5, 5.41) is 9.31. The van der Waals surface area contributed by atoms with Crippen molar-refractivity contribution in [1.82, 2.24) is 4.98 Å². The summed E-state index contributed by atoms with van der Waals surface area (Å²) >= 11 is 0. The van der Waals surface area contributed by atoms with E-state index >= 15 is 0 Å². The maximum Gasteiger partial charge on any atom is 0.130 e. The molecule has 68 valence electrons. The molecule has 0 aromatic carbocycles. The first kappa shape index (κ1) is 8.26. The fourth-order valence-corrected chi connectivity index (χ4v) is 1.62. The highest BCUT2D eigenvalue weighted by molar-refractivity contribution is 5.74. The average molecular weight is 176 g/mol. The van der Waals surface area contributed by atoms with Crippen LogP contribution in [0.3, 0.4) is 0 Å². The van der Waals surface area contributed by atoms with Gasteiger partial charge in [-0.2, -0.15) is 0 Å². The zero-order valence-electron chi connectivity index (χ0n) is 7.27. The maximum atomic E-state index is 9.31. The van der Waals surface area contributed by atoms with Gasteiger partial charge in [0.25, 0.3) is 0 Å². The van der Waals surface area contributed by atoms with Crippen LogP contribution in [0.15, 0.2) is 24.4 Å². The summed E-state index contributed by atoms with van der Waals surface area (Å²) in [6, 6.07) is 3.80. The van der Waals surface area contributed by atoms with Crippen molar-refractivity contribution in [3.8, 4) is 0 Å². The van der Waals surface area contributed by atoms with Crippen LogP contribution in [0.25, 0.3) is 5.57 Å². The topological polar surface area (TPSA) is 59.1 Å². The Hall–Kier alpha value is -1.35. The third kappa shape index (κ3) is 1.55. The SMILES string of the molecule is Nc1ncccc1C1=CC(O)CC1. The molecule has 1 aromatic heterocycles. The van der Waals surface area contributed by atoms with E-state index in [9.17, 15) is 5.11 Å². The Morgan fingerprint density at radius 3 is 3.00 bits per heavy atom. The molecule has 0 bridgehead atoms. The molecule has 1 unspecified atom stereocenters. The molecule has 0 spiro atoms. The van der Waals surface area contributed by atoms with Crippen LogP contribution in [0.1, 0.15) is 18.4 Å². The first-order valence-electron chi connectivity index (χ1n) is 4.37. The van der Waals surface area contributed by atoms with E-state index in [1.807, 2.05) is 18.2 Å². The molecule has 0 saturated carbocycles. The summed E-state index contributed by atoms with van der Waals surface area (Å²) in [5.74, 6) is 0.544. The molecule has 1 atom stereocenters. The quantitative estimate of drug-likeness (QED) is 0.676. The third-order valence-electron chi connectivity index (χ3n) is 2.29. The number of hydrogen-bond donors (Lipinski definition) is 2. The number of allylic oxidation sites excluding steroid dienone is 1. The molecular formula is C10H12N2O. The molecule has 3 heteroatoms. The number of pyridine rings is 1. The highest BCUT2D eigenvalue weighted by Gasteiger charge is 2.15. The van der Waals surface area contributed by atoms with Gasteiger partial charge in [0.2, 0.25) is 0 Å². The van der Waals surface area contributed by atoms with Gasteiger partial charge in [0.05, 0.1) is 6.10 Å². The molecule has 3 nitrogen and oxygen atoms in total. The highest BCUT2D eigenvalue weighted by atomic mass is 16.3. The molecule has 1 aliphatic carbocycles. The summed E-state index contributed by atoms with van der Waals surface area (Å²) in [5.41, 5.74) is 7.78. The van der Waals surface area contributed by atoms with Crippen molar-refractivity contribution in [3.63, 3.8) is 0 Å². The van der Waals surface area contributed by atoms with E-state index in [-0.39, 0.29) is 6.10 Å². The Bertz CT molecular complexity index is 347. The number of nitrogens with two attached hydrogens (primary N) is 1. The molecule has 2 rings (SSSR count). The molecule has 0 saturated heterocycles. The van der Waals surface area contributed by atoms with Gasteiger partial charge >= 0.3 is 0 Å². The second-order valence-electron chi connectivity index (χ2n) is 3.23. The summed E-state index contributed by atoms with van der Waals surface area (Å²) in [6.07, 6.45) is 4.90. The number of aliphatic hydroxyl groups excluding tert-OH is 1. The van der Waals surface area contributed by atoms with Gasteiger partial charge in [-0.1, -0.05) is 6.08 Å². The van der Waals surface area contributed by atoms with Crippen molar-refractivity contribution in [2.75, 3.05) is 5.73 Å². The van der Waals surface area contributed by atoms with E-state index in [4.69, 9.17) is 5.73 Å². The lowest BCUT2D eigenvalue weighted by Crippen LogP contribution is -1.95. The number of rotatable bonds is 1. The second kappa shape index (κ2) is 3.18. The van der Waals surface area contributed by atoms with E-state index in [1.54, 1.807) is 6.20 Å². The molecule has 1 aromatic rings. The van der Waals surface area contributed by atoms with Crippen molar-refractivity contribution in [2.24, 2.45) is 0 Å². The van der Waals surface area contributed by atoms with Crippen molar-refractivity contribution < 1.29 is 5.11 Å².